The second-order valence-electron chi connectivity index (χ2n) is 6.31. The Morgan fingerprint density at radius 2 is 2.17 bits per heavy atom. The SMILES string of the molecule is CC(Nc1ccc2c(c1)nc(N)n2C)c1cnc2n1CCCC2. The summed E-state index contributed by atoms with van der Waals surface area (Å²) in [5, 5.41) is 3.56. The molecule has 1 aliphatic rings. The van der Waals surface area contributed by atoms with E-state index in [0.29, 0.717) is 5.95 Å². The number of rotatable bonds is 3. The number of aromatic nitrogens is 4. The lowest BCUT2D eigenvalue weighted by Crippen LogP contribution is -2.17. The number of anilines is 2. The van der Waals surface area contributed by atoms with Crippen LogP contribution in [0.5, 0.6) is 0 Å². The first-order chi connectivity index (χ1) is 11.1. The quantitative estimate of drug-likeness (QED) is 0.780. The van der Waals surface area contributed by atoms with E-state index in [0.717, 1.165) is 29.7 Å². The average Bonchev–Trinajstić information content (AvgIpc) is 3.09. The molecule has 1 aromatic carbocycles. The summed E-state index contributed by atoms with van der Waals surface area (Å²) in [5.74, 6) is 1.75. The molecule has 0 saturated carbocycles. The molecule has 1 aliphatic heterocycles. The highest BCUT2D eigenvalue weighted by Crippen LogP contribution is 2.26. The molecule has 6 nitrogen and oxygen atoms in total. The Morgan fingerprint density at radius 3 is 3.04 bits per heavy atom. The van der Waals surface area contributed by atoms with Crippen LogP contribution in [0.4, 0.5) is 11.6 Å². The minimum atomic E-state index is 0.202. The Morgan fingerprint density at radius 1 is 1.30 bits per heavy atom. The predicted octanol–water partition coefficient (Wildman–Crippen LogP) is 2.86. The zero-order valence-electron chi connectivity index (χ0n) is 13.6. The van der Waals surface area contributed by atoms with Crippen LogP contribution in [0.2, 0.25) is 0 Å². The van der Waals surface area contributed by atoms with Crippen LogP contribution in [0.15, 0.2) is 24.4 Å². The van der Waals surface area contributed by atoms with Crippen LogP contribution in [-0.2, 0) is 20.0 Å². The molecule has 3 aromatic rings. The molecule has 0 saturated heterocycles. The van der Waals surface area contributed by atoms with Gasteiger partial charge >= 0.3 is 0 Å². The molecule has 3 N–H and O–H groups in total. The first-order valence-electron chi connectivity index (χ1n) is 8.16. The van der Waals surface area contributed by atoms with Gasteiger partial charge in [0.25, 0.3) is 0 Å². The van der Waals surface area contributed by atoms with Gasteiger partial charge in [-0.3, -0.25) is 0 Å². The molecular formula is C17H22N6. The van der Waals surface area contributed by atoms with E-state index >= 15 is 0 Å². The zero-order chi connectivity index (χ0) is 16.0. The average molecular weight is 310 g/mol. The van der Waals surface area contributed by atoms with E-state index in [1.807, 2.05) is 17.8 Å². The third kappa shape index (κ3) is 2.34. The number of aryl methyl sites for hydroxylation is 2. The molecule has 2 aromatic heterocycles. The highest BCUT2D eigenvalue weighted by atomic mass is 15.1. The summed E-state index contributed by atoms with van der Waals surface area (Å²) in [6.07, 6.45) is 5.58. The summed E-state index contributed by atoms with van der Waals surface area (Å²) in [6.45, 7) is 3.25. The lowest BCUT2D eigenvalue weighted by Gasteiger charge is -2.21. The third-order valence-electron chi connectivity index (χ3n) is 4.74. The van der Waals surface area contributed by atoms with E-state index in [9.17, 15) is 0 Å². The highest BCUT2D eigenvalue weighted by Gasteiger charge is 2.18. The topological polar surface area (TPSA) is 73.7 Å². The van der Waals surface area contributed by atoms with Crippen molar-refractivity contribution in [2.75, 3.05) is 11.1 Å². The minimum Gasteiger partial charge on any atom is -0.377 e. The Bertz CT molecular complexity index is 859. The van der Waals surface area contributed by atoms with Crippen molar-refractivity contribution >= 4 is 22.7 Å². The van der Waals surface area contributed by atoms with Gasteiger partial charge in [-0.2, -0.15) is 0 Å². The number of nitrogens with two attached hydrogens (primary N) is 1. The molecule has 0 aliphatic carbocycles. The number of hydrogen-bond acceptors (Lipinski definition) is 4. The lowest BCUT2D eigenvalue weighted by atomic mass is 10.1. The van der Waals surface area contributed by atoms with Gasteiger partial charge in [0.15, 0.2) is 0 Å². The largest absolute Gasteiger partial charge is 0.377 e. The molecule has 0 radical (unpaired) electrons. The van der Waals surface area contributed by atoms with Crippen LogP contribution in [0.1, 0.15) is 37.3 Å². The molecule has 0 amide bonds. The summed E-state index contributed by atoms with van der Waals surface area (Å²) < 4.78 is 4.26. The van der Waals surface area contributed by atoms with E-state index in [1.54, 1.807) is 0 Å². The van der Waals surface area contributed by atoms with E-state index in [4.69, 9.17) is 5.73 Å². The Balaban J connectivity index is 1.61. The number of nitrogens with zero attached hydrogens (tertiary/aromatic N) is 4. The van der Waals surface area contributed by atoms with Gasteiger partial charge in [0.2, 0.25) is 5.95 Å². The molecule has 23 heavy (non-hydrogen) atoms. The fraction of sp³-hybridized carbons (Fsp3) is 0.412. The maximum atomic E-state index is 5.88. The van der Waals surface area contributed by atoms with Crippen LogP contribution in [0, 0.1) is 0 Å². The Labute approximate surface area is 135 Å². The second-order valence-corrected chi connectivity index (χ2v) is 6.31. The summed E-state index contributed by atoms with van der Waals surface area (Å²) in [5.41, 5.74) is 10.1. The molecule has 1 unspecified atom stereocenters. The second kappa shape index (κ2) is 5.30. The van der Waals surface area contributed by atoms with E-state index in [-0.39, 0.29) is 6.04 Å². The summed E-state index contributed by atoms with van der Waals surface area (Å²) in [4.78, 5) is 8.97. The van der Waals surface area contributed by atoms with E-state index < -0.39 is 0 Å². The van der Waals surface area contributed by atoms with Crippen LogP contribution in [0.25, 0.3) is 11.0 Å². The van der Waals surface area contributed by atoms with Crippen molar-refractivity contribution in [3.05, 3.63) is 35.9 Å². The van der Waals surface area contributed by atoms with Gasteiger partial charge in [-0.15, -0.1) is 0 Å². The first-order valence-corrected chi connectivity index (χ1v) is 8.16. The van der Waals surface area contributed by atoms with Crippen molar-refractivity contribution in [3.8, 4) is 0 Å². The first kappa shape index (κ1) is 14.1. The van der Waals surface area contributed by atoms with Gasteiger partial charge in [-0.1, -0.05) is 0 Å². The minimum absolute atomic E-state index is 0.202. The van der Waals surface area contributed by atoms with Gasteiger partial charge < -0.3 is 20.2 Å². The molecule has 120 valence electrons. The standard InChI is InChI=1S/C17H22N6/c1-11(15-10-19-16-5-3-4-8-23(15)16)20-12-6-7-14-13(9-12)21-17(18)22(14)2/h6-7,9-11,20H,3-5,8H2,1-2H3,(H2,18,21). The number of imidazole rings is 2. The highest BCUT2D eigenvalue weighted by molar-refractivity contribution is 5.82. The van der Waals surface area contributed by atoms with Gasteiger partial charge in [0.05, 0.1) is 29.0 Å². The molecule has 6 heteroatoms. The monoisotopic (exact) mass is 310 g/mol. The summed E-state index contributed by atoms with van der Waals surface area (Å²) in [7, 11) is 1.93. The molecule has 0 spiro atoms. The van der Waals surface area contributed by atoms with Crippen LogP contribution >= 0.6 is 0 Å². The van der Waals surface area contributed by atoms with Crippen molar-refractivity contribution in [2.24, 2.45) is 7.05 Å². The normalized spacial score (nSPS) is 15.6. The van der Waals surface area contributed by atoms with Crippen LogP contribution < -0.4 is 11.1 Å². The van der Waals surface area contributed by atoms with Gasteiger partial charge in [-0.25, -0.2) is 9.97 Å². The number of benzene rings is 1. The molecule has 3 heterocycles. The molecule has 0 bridgehead atoms. The van der Waals surface area contributed by atoms with E-state index in [1.165, 1.54) is 24.4 Å². The Kier molecular flexibility index (Phi) is 3.25. The summed E-state index contributed by atoms with van der Waals surface area (Å²) in [6, 6.07) is 6.38. The third-order valence-corrected chi connectivity index (χ3v) is 4.74. The Hall–Kier alpha value is -2.50. The lowest BCUT2D eigenvalue weighted by molar-refractivity contribution is 0.502. The van der Waals surface area contributed by atoms with Crippen molar-refractivity contribution < 1.29 is 0 Å². The number of hydrogen-bond donors (Lipinski definition) is 2. The van der Waals surface area contributed by atoms with Crippen molar-refractivity contribution in [1.82, 2.24) is 19.1 Å². The zero-order valence-corrected chi connectivity index (χ0v) is 13.6. The molecular weight excluding hydrogens is 288 g/mol. The summed E-state index contributed by atoms with van der Waals surface area (Å²) >= 11 is 0. The van der Waals surface area contributed by atoms with Crippen molar-refractivity contribution in [3.63, 3.8) is 0 Å². The van der Waals surface area contributed by atoms with Crippen LogP contribution in [-0.4, -0.2) is 19.1 Å². The fourth-order valence-corrected chi connectivity index (χ4v) is 3.42. The number of nitrogen functional groups attached to an aromatic ring is 1. The van der Waals surface area contributed by atoms with Crippen LogP contribution in [0.3, 0.4) is 0 Å². The number of fused-ring (bicyclic) bond motifs is 2. The maximum absolute atomic E-state index is 5.88. The van der Waals surface area contributed by atoms with Gasteiger partial charge in [0.1, 0.15) is 5.82 Å². The van der Waals surface area contributed by atoms with E-state index in [2.05, 4.69) is 45.0 Å². The van der Waals surface area contributed by atoms with Crippen molar-refractivity contribution in [2.45, 2.75) is 38.8 Å². The number of nitrogens with one attached hydrogen (secondary N) is 1. The maximum Gasteiger partial charge on any atom is 0.200 e. The molecule has 1 atom stereocenters. The fourth-order valence-electron chi connectivity index (χ4n) is 3.42. The molecule has 4 rings (SSSR count). The van der Waals surface area contributed by atoms with Gasteiger partial charge in [0, 0.05) is 25.7 Å². The van der Waals surface area contributed by atoms with Crippen molar-refractivity contribution in [1.29, 1.82) is 0 Å². The van der Waals surface area contributed by atoms with Gasteiger partial charge in [-0.05, 0) is 38.0 Å². The smallest absolute Gasteiger partial charge is 0.200 e. The predicted molar refractivity (Wildman–Crippen MR) is 92.3 cm³/mol. The molecule has 0 fully saturated rings.